The molecule has 0 saturated carbocycles. The minimum absolute atomic E-state index is 0.0156. The van der Waals surface area contributed by atoms with Crippen LogP contribution in [0.1, 0.15) is 29.9 Å². The fraction of sp³-hybridized carbons (Fsp3) is 0.143. The molecule has 3 aromatic rings. The molecule has 3 rings (SSSR count). The van der Waals surface area contributed by atoms with Gasteiger partial charge in [-0.3, -0.25) is 20.1 Å². The van der Waals surface area contributed by atoms with Gasteiger partial charge >= 0.3 is 0 Å². The van der Waals surface area contributed by atoms with E-state index < -0.39 is 22.6 Å². The number of benzene rings is 1. The first-order valence-electron chi connectivity index (χ1n) is 9.39. The van der Waals surface area contributed by atoms with Crippen molar-refractivity contribution in [1.82, 2.24) is 15.3 Å². The molecule has 0 amide bonds. The van der Waals surface area contributed by atoms with E-state index in [1.54, 1.807) is 14.0 Å². The Bertz CT molecular complexity index is 1150. The summed E-state index contributed by atoms with van der Waals surface area (Å²) in [6, 6.07) is 8.00. The van der Waals surface area contributed by atoms with Crippen molar-refractivity contribution in [2.24, 2.45) is 5.11 Å². The lowest BCUT2D eigenvalue weighted by Crippen LogP contribution is -2.19. The van der Waals surface area contributed by atoms with Crippen molar-refractivity contribution in [3.8, 4) is 0 Å². The molecular formula is C21H19F2N7O2. The second kappa shape index (κ2) is 9.69. The predicted molar refractivity (Wildman–Crippen MR) is 114 cm³/mol. The van der Waals surface area contributed by atoms with Crippen molar-refractivity contribution in [2.45, 2.75) is 13.0 Å². The zero-order chi connectivity index (χ0) is 23.3. The normalized spacial score (nSPS) is 11.7. The maximum absolute atomic E-state index is 14.6. The van der Waals surface area contributed by atoms with Crippen LogP contribution in [0.4, 0.5) is 20.2 Å². The fourth-order valence-electron chi connectivity index (χ4n) is 3.20. The van der Waals surface area contributed by atoms with Crippen molar-refractivity contribution in [3.05, 3.63) is 99.3 Å². The summed E-state index contributed by atoms with van der Waals surface area (Å²) in [6.45, 7) is 1.60. The zero-order valence-electron chi connectivity index (χ0n) is 17.1. The molecule has 0 bridgehead atoms. The highest BCUT2D eigenvalue weighted by Crippen LogP contribution is 2.34. The van der Waals surface area contributed by atoms with Crippen LogP contribution in [0.5, 0.6) is 0 Å². The average Bonchev–Trinajstić information content (AvgIpc) is 2.79. The molecule has 164 valence electrons. The monoisotopic (exact) mass is 439 g/mol. The van der Waals surface area contributed by atoms with Gasteiger partial charge in [-0.05, 0) is 43.3 Å². The van der Waals surface area contributed by atoms with Gasteiger partial charge in [0, 0.05) is 31.1 Å². The van der Waals surface area contributed by atoms with E-state index in [1.165, 1.54) is 42.7 Å². The maximum atomic E-state index is 14.6. The van der Waals surface area contributed by atoms with Gasteiger partial charge in [-0.1, -0.05) is 0 Å². The van der Waals surface area contributed by atoms with Crippen LogP contribution in [0.15, 0.2) is 65.7 Å². The minimum Gasteiger partial charge on any atom is -0.386 e. The average molecular weight is 439 g/mol. The summed E-state index contributed by atoms with van der Waals surface area (Å²) >= 11 is 0. The zero-order valence-corrected chi connectivity index (χ0v) is 17.1. The summed E-state index contributed by atoms with van der Waals surface area (Å²) in [7, 11) is 1.62. The van der Waals surface area contributed by atoms with Gasteiger partial charge in [0.2, 0.25) is 0 Å². The van der Waals surface area contributed by atoms with Crippen molar-refractivity contribution < 1.29 is 13.7 Å². The molecule has 11 heteroatoms. The molecule has 0 radical (unpaired) electrons. The lowest BCUT2D eigenvalue weighted by Gasteiger charge is -2.21. The Balaban J connectivity index is 2.20. The van der Waals surface area contributed by atoms with Crippen molar-refractivity contribution >= 4 is 17.1 Å². The summed E-state index contributed by atoms with van der Waals surface area (Å²) in [6.07, 6.45) is 2.67. The highest BCUT2D eigenvalue weighted by molar-refractivity contribution is 5.74. The van der Waals surface area contributed by atoms with Gasteiger partial charge in [0.15, 0.2) is 0 Å². The van der Waals surface area contributed by atoms with E-state index in [4.69, 9.17) is 5.53 Å². The van der Waals surface area contributed by atoms with E-state index in [0.717, 1.165) is 12.1 Å². The third-order valence-electron chi connectivity index (χ3n) is 4.68. The number of aromatic nitrogens is 2. The number of halogens is 2. The molecular weight excluding hydrogens is 420 g/mol. The van der Waals surface area contributed by atoms with E-state index in [-0.39, 0.29) is 22.8 Å². The van der Waals surface area contributed by atoms with Crippen LogP contribution >= 0.6 is 0 Å². The number of nitrogens with one attached hydrogen (secondary N) is 3. The van der Waals surface area contributed by atoms with E-state index in [9.17, 15) is 18.9 Å². The van der Waals surface area contributed by atoms with Gasteiger partial charge in [-0.25, -0.2) is 14.3 Å². The first-order valence-corrected chi connectivity index (χ1v) is 9.39. The summed E-state index contributed by atoms with van der Waals surface area (Å²) in [5, 5.41) is 20.8. The van der Waals surface area contributed by atoms with Crippen LogP contribution in [-0.2, 0) is 0 Å². The van der Waals surface area contributed by atoms with Crippen molar-refractivity contribution in [1.29, 1.82) is 5.53 Å². The minimum atomic E-state index is -1.25. The lowest BCUT2D eigenvalue weighted by molar-refractivity contribution is -0.384. The molecule has 0 saturated heterocycles. The molecule has 0 spiro atoms. The van der Waals surface area contributed by atoms with Crippen LogP contribution in [0.2, 0.25) is 0 Å². The highest BCUT2D eigenvalue weighted by atomic mass is 19.1. The topological polar surface area (TPSA) is 129 Å². The van der Waals surface area contributed by atoms with E-state index in [0.29, 0.717) is 17.0 Å². The summed E-state index contributed by atoms with van der Waals surface area (Å²) < 4.78 is 29.2. The SMILES string of the molecule is CN/C(=C(/C)N=N)c1ccc([N+](=O)[O-])c(NC(c2ncccc2F)c2ncccc2F)c1. The standard InChI is InChI=1S/C21H19F2N7O2/c1-12(29-24)18(25-2)13-7-8-17(30(31)32)16(11-13)28-21(19-14(22)5-3-9-26-19)20-15(23)6-4-10-27-20/h3-11,21,24-25,28H,1-2H3/b18-12-,29-24?. The van der Waals surface area contributed by atoms with Gasteiger partial charge in [-0.15, -0.1) is 0 Å². The Hall–Kier alpha value is -4.28. The molecule has 0 aliphatic rings. The fourth-order valence-corrected chi connectivity index (χ4v) is 3.20. The third kappa shape index (κ3) is 4.56. The molecule has 32 heavy (non-hydrogen) atoms. The number of allylic oxidation sites excluding steroid dienone is 1. The Morgan fingerprint density at radius 2 is 1.72 bits per heavy atom. The Morgan fingerprint density at radius 1 is 1.12 bits per heavy atom. The van der Waals surface area contributed by atoms with Gasteiger partial charge < -0.3 is 10.6 Å². The predicted octanol–water partition coefficient (Wildman–Crippen LogP) is 4.80. The van der Waals surface area contributed by atoms with Crippen LogP contribution in [-0.4, -0.2) is 21.9 Å². The number of pyridine rings is 2. The quantitative estimate of drug-likeness (QED) is 0.263. The molecule has 0 atom stereocenters. The number of anilines is 1. The highest BCUT2D eigenvalue weighted by Gasteiger charge is 2.27. The first-order chi connectivity index (χ1) is 15.4. The Kier molecular flexibility index (Phi) is 6.78. The largest absolute Gasteiger partial charge is 0.386 e. The molecule has 2 heterocycles. The van der Waals surface area contributed by atoms with Crippen molar-refractivity contribution in [2.75, 3.05) is 12.4 Å². The summed E-state index contributed by atoms with van der Waals surface area (Å²) in [5.74, 6) is -1.46. The Labute approximate surface area is 181 Å². The molecule has 1 aromatic carbocycles. The lowest BCUT2D eigenvalue weighted by atomic mass is 10.0. The second-order valence-corrected chi connectivity index (χ2v) is 6.63. The van der Waals surface area contributed by atoms with Crippen molar-refractivity contribution in [3.63, 3.8) is 0 Å². The number of hydrogen-bond donors (Lipinski definition) is 3. The van der Waals surface area contributed by atoms with Gasteiger partial charge in [0.1, 0.15) is 34.8 Å². The van der Waals surface area contributed by atoms with Gasteiger partial charge in [-0.2, -0.15) is 5.11 Å². The van der Waals surface area contributed by atoms with E-state index in [1.807, 2.05) is 0 Å². The molecule has 0 fully saturated rings. The molecule has 0 aliphatic heterocycles. The van der Waals surface area contributed by atoms with Gasteiger partial charge in [0.05, 0.1) is 16.3 Å². The van der Waals surface area contributed by atoms with Crippen LogP contribution < -0.4 is 10.6 Å². The van der Waals surface area contributed by atoms with Crippen LogP contribution in [0.3, 0.4) is 0 Å². The third-order valence-corrected chi connectivity index (χ3v) is 4.68. The number of nitrogens with zero attached hydrogens (tertiary/aromatic N) is 4. The summed E-state index contributed by atoms with van der Waals surface area (Å²) in [5.41, 5.74) is 7.85. The smallest absolute Gasteiger partial charge is 0.292 e. The second-order valence-electron chi connectivity index (χ2n) is 6.63. The summed E-state index contributed by atoms with van der Waals surface area (Å²) in [4.78, 5) is 19.1. The van der Waals surface area contributed by atoms with E-state index in [2.05, 4.69) is 25.7 Å². The first kappa shape index (κ1) is 22.4. The van der Waals surface area contributed by atoms with Crippen LogP contribution in [0.25, 0.3) is 5.70 Å². The van der Waals surface area contributed by atoms with E-state index >= 15 is 0 Å². The number of nitro benzene ring substituents is 1. The molecule has 3 N–H and O–H groups in total. The number of nitro groups is 1. The molecule has 0 aliphatic carbocycles. The van der Waals surface area contributed by atoms with Gasteiger partial charge in [0.25, 0.3) is 5.69 Å². The number of hydrogen-bond acceptors (Lipinski definition) is 8. The number of rotatable bonds is 8. The molecule has 2 aromatic heterocycles. The maximum Gasteiger partial charge on any atom is 0.292 e. The van der Waals surface area contributed by atoms with Crippen LogP contribution in [0, 0.1) is 27.3 Å². The molecule has 0 unspecified atom stereocenters. The molecule has 9 nitrogen and oxygen atoms in total. The Morgan fingerprint density at radius 3 is 2.19 bits per heavy atom.